The Labute approximate surface area is 204 Å². The van der Waals surface area contributed by atoms with Crippen molar-refractivity contribution in [3.05, 3.63) is 64.0 Å². The van der Waals surface area contributed by atoms with Crippen LogP contribution in [0.25, 0.3) is 11.3 Å². The minimum absolute atomic E-state index is 0.0117. The van der Waals surface area contributed by atoms with E-state index < -0.39 is 10.0 Å². The van der Waals surface area contributed by atoms with Gasteiger partial charge in [-0.1, -0.05) is 37.1 Å². The van der Waals surface area contributed by atoms with Gasteiger partial charge in [0.1, 0.15) is 10.6 Å². The molecule has 0 spiro atoms. The number of sulfonamides is 1. The van der Waals surface area contributed by atoms with Gasteiger partial charge in [-0.3, -0.25) is 4.79 Å². The smallest absolute Gasteiger partial charge is 0.251 e. The predicted molar refractivity (Wildman–Crippen MR) is 134 cm³/mol. The first-order valence-corrected chi connectivity index (χ1v) is 13.7. The van der Waals surface area contributed by atoms with Crippen LogP contribution in [0.4, 0.5) is 0 Å². The Morgan fingerprint density at radius 1 is 1.15 bits per heavy atom. The summed E-state index contributed by atoms with van der Waals surface area (Å²) in [5, 5.41) is 5.95. The number of ether oxygens (including phenoxy) is 1. The van der Waals surface area contributed by atoms with Crippen LogP contribution in [0.2, 0.25) is 0 Å². The number of nitrogens with one attached hydrogen (secondary N) is 2. The van der Waals surface area contributed by atoms with Crippen LogP contribution in [0.1, 0.15) is 46.6 Å². The van der Waals surface area contributed by atoms with Crippen molar-refractivity contribution in [3.8, 4) is 17.0 Å². The van der Waals surface area contributed by atoms with Crippen molar-refractivity contribution in [2.24, 2.45) is 0 Å². The molecule has 1 saturated carbocycles. The Kier molecular flexibility index (Phi) is 7.65. The monoisotopic (exact) mass is 499 g/mol. The van der Waals surface area contributed by atoms with Gasteiger partial charge in [0.2, 0.25) is 10.0 Å². The Hall–Kier alpha value is -2.75. The summed E-state index contributed by atoms with van der Waals surface area (Å²) in [4.78, 5) is 17.2. The zero-order valence-corrected chi connectivity index (χ0v) is 21.0. The van der Waals surface area contributed by atoms with Gasteiger partial charge in [0.15, 0.2) is 0 Å². The van der Waals surface area contributed by atoms with Crippen molar-refractivity contribution in [3.63, 3.8) is 0 Å². The van der Waals surface area contributed by atoms with E-state index in [1.54, 1.807) is 17.4 Å². The van der Waals surface area contributed by atoms with Crippen LogP contribution in [0.5, 0.6) is 5.75 Å². The summed E-state index contributed by atoms with van der Waals surface area (Å²) in [6.45, 7) is 2.42. The number of carbonyl (C=O) groups is 1. The van der Waals surface area contributed by atoms with Gasteiger partial charge < -0.3 is 10.1 Å². The van der Waals surface area contributed by atoms with Gasteiger partial charge in [-0.05, 0) is 49.9 Å². The Balaban J connectivity index is 1.38. The molecule has 0 bridgehead atoms. The van der Waals surface area contributed by atoms with Crippen LogP contribution in [-0.2, 0) is 16.4 Å². The van der Waals surface area contributed by atoms with Crippen LogP contribution >= 0.6 is 11.3 Å². The second-order valence-corrected chi connectivity index (χ2v) is 11.2. The third-order valence-corrected chi connectivity index (χ3v) is 8.28. The number of methoxy groups -OCH3 is 1. The zero-order chi connectivity index (χ0) is 24.1. The number of thiazole rings is 1. The molecule has 7 nitrogen and oxygen atoms in total. The normalized spacial score (nSPS) is 14.3. The number of hydrogen-bond acceptors (Lipinski definition) is 6. The van der Waals surface area contributed by atoms with E-state index in [2.05, 4.69) is 15.0 Å². The number of hydrogen-bond donors (Lipinski definition) is 2. The molecule has 4 rings (SSSR count). The standard InChI is InChI=1S/C25H29N3O4S2/c1-17-27-22(16-33-17)19-9-7-18(8-10-19)13-14-26-25(29)20-11-12-23(32-2)24(15-20)34(30,31)28-21-5-3-4-6-21/h7-12,15-16,21,28H,3-6,13-14H2,1-2H3,(H,26,29). The summed E-state index contributed by atoms with van der Waals surface area (Å²) >= 11 is 1.62. The van der Waals surface area contributed by atoms with Crippen molar-refractivity contribution in [2.45, 2.75) is 50.0 Å². The number of amides is 1. The second-order valence-electron chi connectivity index (χ2n) is 8.42. The van der Waals surface area contributed by atoms with Gasteiger partial charge in [-0.25, -0.2) is 18.1 Å². The summed E-state index contributed by atoms with van der Waals surface area (Å²) in [5.74, 6) is -0.105. The highest BCUT2D eigenvalue weighted by Gasteiger charge is 2.26. The van der Waals surface area contributed by atoms with E-state index in [-0.39, 0.29) is 28.2 Å². The summed E-state index contributed by atoms with van der Waals surface area (Å²) < 4.78 is 33.9. The first kappa shape index (κ1) is 24.4. The van der Waals surface area contributed by atoms with Crippen LogP contribution in [-0.4, -0.2) is 39.0 Å². The lowest BCUT2D eigenvalue weighted by atomic mass is 10.1. The molecule has 1 aliphatic rings. The lowest BCUT2D eigenvalue weighted by Gasteiger charge is -2.16. The van der Waals surface area contributed by atoms with E-state index in [0.29, 0.717) is 13.0 Å². The van der Waals surface area contributed by atoms with Crippen LogP contribution in [0, 0.1) is 6.92 Å². The van der Waals surface area contributed by atoms with Crippen molar-refractivity contribution in [2.75, 3.05) is 13.7 Å². The van der Waals surface area contributed by atoms with Crippen LogP contribution in [0.15, 0.2) is 52.7 Å². The maximum atomic E-state index is 12.9. The molecule has 0 radical (unpaired) electrons. The Morgan fingerprint density at radius 2 is 1.88 bits per heavy atom. The van der Waals surface area contributed by atoms with E-state index in [1.165, 1.54) is 19.2 Å². The molecule has 2 aromatic carbocycles. The number of aromatic nitrogens is 1. The van der Waals surface area contributed by atoms with Crippen molar-refractivity contribution < 1.29 is 17.9 Å². The molecule has 180 valence electrons. The van der Waals surface area contributed by atoms with Gasteiger partial charge in [0, 0.05) is 29.1 Å². The number of aryl methyl sites for hydroxylation is 1. The number of benzene rings is 2. The highest BCUT2D eigenvalue weighted by molar-refractivity contribution is 7.89. The minimum Gasteiger partial charge on any atom is -0.495 e. The highest BCUT2D eigenvalue weighted by Crippen LogP contribution is 2.27. The van der Waals surface area contributed by atoms with Gasteiger partial charge in [0.05, 0.1) is 17.8 Å². The van der Waals surface area contributed by atoms with E-state index >= 15 is 0 Å². The molecule has 0 atom stereocenters. The average molecular weight is 500 g/mol. The number of rotatable bonds is 9. The molecule has 0 saturated heterocycles. The average Bonchev–Trinajstić information content (AvgIpc) is 3.50. The molecular formula is C25H29N3O4S2. The molecular weight excluding hydrogens is 470 g/mol. The lowest BCUT2D eigenvalue weighted by molar-refractivity contribution is 0.0954. The molecule has 1 aromatic heterocycles. The predicted octanol–water partition coefficient (Wildman–Crippen LogP) is 4.32. The van der Waals surface area contributed by atoms with Gasteiger partial charge in [-0.15, -0.1) is 11.3 Å². The van der Waals surface area contributed by atoms with Gasteiger partial charge in [-0.2, -0.15) is 0 Å². The first-order chi connectivity index (χ1) is 16.4. The molecule has 1 fully saturated rings. The summed E-state index contributed by atoms with van der Waals surface area (Å²) in [6, 6.07) is 12.5. The molecule has 0 aliphatic heterocycles. The Bertz CT molecular complexity index is 1250. The molecule has 1 aliphatic carbocycles. The Morgan fingerprint density at radius 3 is 2.53 bits per heavy atom. The molecule has 3 aromatic rings. The molecule has 0 unspecified atom stereocenters. The van der Waals surface area contributed by atoms with E-state index in [9.17, 15) is 13.2 Å². The molecule has 2 N–H and O–H groups in total. The second kappa shape index (κ2) is 10.7. The van der Waals surface area contributed by atoms with Crippen molar-refractivity contribution >= 4 is 27.3 Å². The maximum absolute atomic E-state index is 12.9. The third-order valence-electron chi connectivity index (χ3n) is 5.96. The largest absolute Gasteiger partial charge is 0.495 e. The summed E-state index contributed by atoms with van der Waals surface area (Å²) in [5.41, 5.74) is 3.40. The minimum atomic E-state index is -3.79. The fourth-order valence-corrected chi connectivity index (χ4v) is 6.24. The summed E-state index contributed by atoms with van der Waals surface area (Å²) in [7, 11) is -2.37. The summed E-state index contributed by atoms with van der Waals surface area (Å²) in [6.07, 6.45) is 4.34. The molecule has 1 heterocycles. The van der Waals surface area contributed by atoms with Gasteiger partial charge in [0.25, 0.3) is 5.91 Å². The van der Waals surface area contributed by atoms with E-state index in [1.807, 2.05) is 36.6 Å². The highest BCUT2D eigenvalue weighted by atomic mass is 32.2. The fraction of sp³-hybridized carbons (Fsp3) is 0.360. The molecule has 9 heteroatoms. The SMILES string of the molecule is COc1ccc(C(=O)NCCc2ccc(-c3csc(C)n3)cc2)cc1S(=O)(=O)NC1CCCC1. The van der Waals surface area contributed by atoms with E-state index in [0.717, 1.165) is 47.5 Å². The van der Waals surface area contributed by atoms with Crippen molar-refractivity contribution in [1.29, 1.82) is 0 Å². The first-order valence-electron chi connectivity index (χ1n) is 11.4. The quantitative estimate of drug-likeness (QED) is 0.457. The third kappa shape index (κ3) is 5.84. The molecule has 1 amide bonds. The fourth-order valence-electron chi connectivity index (χ4n) is 4.12. The topological polar surface area (TPSA) is 97.4 Å². The number of carbonyl (C=O) groups excluding carboxylic acids is 1. The lowest BCUT2D eigenvalue weighted by Crippen LogP contribution is -2.33. The van der Waals surface area contributed by atoms with Crippen molar-refractivity contribution in [1.82, 2.24) is 15.0 Å². The van der Waals surface area contributed by atoms with E-state index in [4.69, 9.17) is 4.74 Å². The van der Waals surface area contributed by atoms with Gasteiger partial charge >= 0.3 is 0 Å². The number of nitrogens with zero attached hydrogens (tertiary/aromatic N) is 1. The maximum Gasteiger partial charge on any atom is 0.251 e. The van der Waals surface area contributed by atoms with Crippen LogP contribution in [0.3, 0.4) is 0 Å². The molecule has 34 heavy (non-hydrogen) atoms. The van der Waals surface area contributed by atoms with Crippen LogP contribution < -0.4 is 14.8 Å². The zero-order valence-electron chi connectivity index (χ0n) is 19.3.